The number of hydrogen-bond acceptors (Lipinski definition) is 7. The zero-order chi connectivity index (χ0) is 11.4. The number of imide groups is 1. The largest absolute Gasteiger partial charge is 0.750 e. The van der Waals surface area contributed by atoms with Crippen LogP contribution in [-0.2, 0) is 25.1 Å². The molecule has 2 atom stereocenters. The minimum Gasteiger partial charge on any atom is -0.750 e. The zero-order valence-electron chi connectivity index (χ0n) is 7.67. The maximum atomic E-state index is 11.3. The van der Waals surface area contributed by atoms with Gasteiger partial charge >= 0.3 is 0 Å². The Morgan fingerprint density at radius 2 is 2.33 bits per heavy atom. The van der Waals surface area contributed by atoms with Crippen molar-refractivity contribution in [2.75, 3.05) is 6.73 Å². The van der Waals surface area contributed by atoms with Crippen molar-refractivity contribution in [3.63, 3.8) is 0 Å². The van der Waals surface area contributed by atoms with Gasteiger partial charge in [0.15, 0.2) is 0 Å². The second-order valence-electron chi connectivity index (χ2n) is 2.84. The standard InChI is InChI=1S/C6H11N3O5S/c7-4-1-2-5(10)9(6(4)11)8-3-14-15(12)13/h4,8H,1-3,7H2,(H,12,13)/p-1. The van der Waals surface area contributed by atoms with Gasteiger partial charge in [0.2, 0.25) is 5.91 Å². The minimum atomic E-state index is -2.69. The van der Waals surface area contributed by atoms with E-state index in [-0.39, 0.29) is 6.42 Å². The van der Waals surface area contributed by atoms with Gasteiger partial charge in [0, 0.05) is 6.42 Å². The van der Waals surface area contributed by atoms with Crippen LogP contribution in [0, 0.1) is 0 Å². The molecule has 9 heteroatoms. The molecular weight excluding hydrogens is 226 g/mol. The Hall–Kier alpha value is -0.870. The molecule has 2 amide bonds. The van der Waals surface area contributed by atoms with Gasteiger partial charge in [-0.2, -0.15) is 5.43 Å². The molecule has 0 saturated carbocycles. The number of piperidine rings is 1. The normalized spacial score (nSPS) is 24.4. The second-order valence-corrected chi connectivity index (χ2v) is 3.48. The Balaban J connectivity index is 2.46. The van der Waals surface area contributed by atoms with E-state index in [1.807, 2.05) is 0 Å². The highest BCUT2D eigenvalue weighted by Crippen LogP contribution is 2.08. The van der Waals surface area contributed by atoms with Crippen LogP contribution in [0.2, 0.25) is 0 Å². The van der Waals surface area contributed by atoms with Crippen LogP contribution >= 0.6 is 0 Å². The Labute approximate surface area is 88.2 Å². The Kier molecular flexibility index (Phi) is 4.29. The number of hydrazine groups is 1. The summed E-state index contributed by atoms with van der Waals surface area (Å²) in [5, 5.41) is 0.682. The van der Waals surface area contributed by atoms with E-state index < -0.39 is 35.9 Å². The summed E-state index contributed by atoms with van der Waals surface area (Å²) in [5.41, 5.74) is 7.64. The first-order valence-electron chi connectivity index (χ1n) is 4.11. The van der Waals surface area contributed by atoms with Crippen LogP contribution in [0.25, 0.3) is 0 Å². The molecule has 8 nitrogen and oxygen atoms in total. The summed E-state index contributed by atoms with van der Waals surface area (Å²) in [6, 6.07) is -0.743. The molecule has 2 unspecified atom stereocenters. The van der Waals surface area contributed by atoms with Crippen molar-refractivity contribution >= 4 is 23.2 Å². The van der Waals surface area contributed by atoms with E-state index in [2.05, 4.69) is 9.61 Å². The fourth-order valence-electron chi connectivity index (χ4n) is 1.11. The van der Waals surface area contributed by atoms with Crippen molar-refractivity contribution in [2.24, 2.45) is 5.73 Å². The lowest BCUT2D eigenvalue weighted by molar-refractivity contribution is -0.154. The van der Waals surface area contributed by atoms with Gasteiger partial charge in [-0.3, -0.25) is 13.8 Å². The smallest absolute Gasteiger partial charge is 0.260 e. The lowest BCUT2D eigenvalue weighted by Gasteiger charge is -2.28. The molecule has 1 aliphatic heterocycles. The number of carbonyl (C=O) groups is 2. The first-order chi connectivity index (χ1) is 7.02. The fraction of sp³-hybridized carbons (Fsp3) is 0.667. The van der Waals surface area contributed by atoms with Crippen molar-refractivity contribution in [3.8, 4) is 0 Å². The van der Waals surface area contributed by atoms with Gasteiger partial charge in [0.25, 0.3) is 5.91 Å². The van der Waals surface area contributed by atoms with Gasteiger partial charge in [-0.15, -0.1) is 0 Å². The molecule has 0 aromatic heterocycles. The minimum absolute atomic E-state index is 0.139. The van der Waals surface area contributed by atoms with E-state index in [1.54, 1.807) is 0 Å². The van der Waals surface area contributed by atoms with Gasteiger partial charge < -0.3 is 10.3 Å². The molecule has 1 aliphatic rings. The van der Waals surface area contributed by atoms with E-state index in [0.717, 1.165) is 0 Å². The third-order valence-electron chi connectivity index (χ3n) is 1.83. The summed E-state index contributed by atoms with van der Waals surface area (Å²) in [5.74, 6) is -1.05. The van der Waals surface area contributed by atoms with Crippen molar-refractivity contribution in [1.82, 2.24) is 10.4 Å². The summed E-state index contributed by atoms with van der Waals surface area (Å²) in [4.78, 5) is 22.5. The average Bonchev–Trinajstić information content (AvgIpc) is 2.17. The maximum absolute atomic E-state index is 11.3. The summed E-state index contributed by atoms with van der Waals surface area (Å²) < 4.78 is 24.1. The highest BCUT2D eigenvalue weighted by molar-refractivity contribution is 7.74. The molecular formula is C6H10N3O5S-. The number of nitrogens with one attached hydrogen (secondary N) is 1. The van der Waals surface area contributed by atoms with Gasteiger partial charge in [0.05, 0.1) is 17.4 Å². The molecule has 1 heterocycles. The van der Waals surface area contributed by atoms with Crippen LogP contribution in [0.4, 0.5) is 0 Å². The lowest BCUT2D eigenvalue weighted by Crippen LogP contribution is -2.57. The van der Waals surface area contributed by atoms with E-state index in [1.165, 1.54) is 0 Å². The highest BCUT2D eigenvalue weighted by Gasteiger charge is 2.31. The lowest BCUT2D eigenvalue weighted by atomic mass is 10.1. The summed E-state index contributed by atoms with van der Waals surface area (Å²) in [6.45, 7) is -0.486. The molecule has 0 aromatic carbocycles. The molecule has 0 aromatic rings. The zero-order valence-corrected chi connectivity index (χ0v) is 8.49. The van der Waals surface area contributed by atoms with Crippen LogP contribution in [0.5, 0.6) is 0 Å². The SMILES string of the molecule is NC1CCC(=O)N(NCOS(=O)[O-])C1=O. The van der Waals surface area contributed by atoms with Gasteiger partial charge in [-0.05, 0) is 6.42 Å². The molecule has 86 valence electrons. The van der Waals surface area contributed by atoms with E-state index >= 15 is 0 Å². The molecule has 1 rings (SSSR count). The number of nitrogens with zero attached hydrogens (tertiary/aromatic N) is 1. The van der Waals surface area contributed by atoms with Crippen molar-refractivity contribution in [3.05, 3.63) is 0 Å². The number of rotatable bonds is 4. The highest BCUT2D eigenvalue weighted by atomic mass is 32.2. The van der Waals surface area contributed by atoms with Gasteiger partial charge in [0.1, 0.15) is 6.73 Å². The molecule has 3 N–H and O–H groups in total. The molecule has 1 fully saturated rings. The van der Waals surface area contributed by atoms with Crippen molar-refractivity contribution in [2.45, 2.75) is 18.9 Å². The predicted molar refractivity (Wildman–Crippen MR) is 47.1 cm³/mol. The van der Waals surface area contributed by atoms with Crippen LogP contribution < -0.4 is 11.2 Å². The number of nitrogens with two attached hydrogens (primary N) is 1. The molecule has 0 radical (unpaired) electrons. The maximum Gasteiger partial charge on any atom is 0.260 e. The van der Waals surface area contributed by atoms with Crippen LogP contribution in [0.1, 0.15) is 12.8 Å². The Morgan fingerprint density at radius 1 is 1.67 bits per heavy atom. The molecule has 1 saturated heterocycles. The van der Waals surface area contributed by atoms with Crippen LogP contribution in [0.3, 0.4) is 0 Å². The number of carbonyl (C=O) groups excluding carboxylic acids is 2. The summed E-state index contributed by atoms with van der Waals surface area (Å²) in [6.07, 6.45) is 0.435. The Bertz CT molecular complexity index is 296. The molecule has 0 spiro atoms. The third-order valence-corrected chi connectivity index (χ3v) is 2.14. The topological polar surface area (TPSA) is 125 Å². The van der Waals surface area contributed by atoms with E-state index in [4.69, 9.17) is 5.73 Å². The van der Waals surface area contributed by atoms with E-state index in [9.17, 15) is 18.4 Å². The molecule has 0 bridgehead atoms. The summed E-state index contributed by atoms with van der Waals surface area (Å²) in [7, 11) is 0. The number of amides is 2. The first kappa shape index (κ1) is 12.2. The third kappa shape index (κ3) is 3.32. The second kappa shape index (κ2) is 5.28. The number of hydrogen-bond donors (Lipinski definition) is 2. The predicted octanol–water partition coefficient (Wildman–Crippen LogP) is -2.26. The Morgan fingerprint density at radius 3 is 2.93 bits per heavy atom. The van der Waals surface area contributed by atoms with E-state index in [0.29, 0.717) is 11.4 Å². The van der Waals surface area contributed by atoms with Crippen molar-refractivity contribution in [1.29, 1.82) is 0 Å². The van der Waals surface area contributed by atoms with Crippen LogP contribution in [-0.4, -0.2) is 38.4 Å². The van der Waals surface area contributed by atoms with Gasteiger partial charge in [-0.1, -0.05) is 0 Å². The quantitative estimate of drug-likeness (QED) is 0.320. The summed E-state index contributed by atoms with van der Waals surface area (Å²) >= 11 is -2.69. The van der Waals surface area contributed by atoms with Crippen molar-refractivity contribution < 1.29 is 22.5 Å². The fourth-order valence-corrected chi connectivity index (χ4v) is 1.26. The molecule has 15 heavy (non-hydrogen) atoms. The molecule has 0 aliphatic carbocycles. The monoisotopic (exact) mass is 236 g/mol. The average molecular weight is 236 g/mol. The first-order valence-corrected chi connectivity index (χ1v) is 5.11. The van der Waals surface area contributed by atoms with Gasteiger partial charge in [-0.25, -0.2) is 9.22 Å². The van der Waals surface area contributed by atoms with Crippen LogP contribution in [0.15, 0.2) is 0 Å².